The second kappa shape index (κ2) is 17.8. The van der Waals surface area contributed by atoms with Gasteiger partial charge in [0.15, 0.2) is 0 Å². The molecule has 70 heavy (non-hydrogen) atoms. The van der Waals surface area contributed by atoms with Gasteiger partial charge in [-0.15, -0.1) is 0 Å². The lowest BCUT2D eigenvalue weighted by molar-refractivity contribution is 1.04. The minimum Gasteiger partial charge on any atom is -0.246 e. The summed E-state index contributed by atoms with van der Waals surface area (Å²) in [7, 11) is 0. The number of allylic oxidation sites excluding steroid dienone is 8. The maximum Gasteiger partial charge on any atom is 0.0794 e. The van der Waals surface area contributed by atoms with Gasteiger partial charge in [0.2, 0.25) is 0 Å². The van der Waals surface area contributed by atoms with Crippen molar-refractivity contribution in [1.29, 1.82) is 0 Å². The van der Waals surface area contributed by atoms with Gasteiger partial charge < -0.3 is 0 Å². The van der Waals surface area contributed by atoms with Gasteiger partial charge in [0.25, 0.3) is 0 Å². The number of benzene rings is 10. The van der Waals surface area contributed by atoms with Gasteiger partial charge in [-0.3, -0.25) is 0 Å². The Bertz CT molecular complexity index is 3750. The van der Waals surface area contributed by atoms with Crippen LogP contribution in [0, 0.1) is 0 Å². The predicted octanol–water partition coefficient (Wildman–Crippen LogP) is 19.2. The molecule has 1 nitrogen and oxygen atoms in total. The number of hydrogen-bond acceptors (Lipinski definition) is 1. The summed E-state index contributed by atoms with van der Waals surface area (Å²) in [5.74, 6) is 0. The summed E-state index contributed by atoms with van der Waals surface area (Å²) in [6.07, 6.45) is 18.3. The topological polar surface area (TPSA) is 12.9 Å². The van der Waals surface area contributed by atoms with Crippen molar-refractivity contribution in [1.82, 2.24) is 4.98 Å². The van der Waals surface area contributed by atoms with Crippen molar-refractivity contribution in [2.45, 2.75) is 25.7 Å². The van der Waals surface area contributed by atoms with Crippen LogP contribution in [0.2, 0.25) is 0 Å². The molecular weight excluding hydrogens is 843 g/mol. The molecule has 2 aliphatic rings. The fraction of sp³-hybridized carbons (Fsp3) is 0.0580. The van der Waals surface area contributed by atoms with Crippen molar-refractivity contribution < 1.29 is 0 Å². The first-order valence-corrected chi connectivity index (χ1v) is 24.7. The highest BCUT2D eigenvalue weighted by Crippen LogP contribution is 2.43. The monoisotopic (exact) mass is 891 g/mol. The summed E-state index contributed by atoms with van der Waals surface area (Å²) >= 11 is 0. The molecule has 0 unspecified atom stereocenters. The van der Waals surface area contributed by atoms with E-state index in [0.717, 1.165) is 63.8 Å². The molecule has 1 aromatic heterocycles. The number of aromatic nitrogens is 1. The Morgan fingerprint density at radius 2 is 0.629 bits per heavy atom. The molecule has 0 saturated carbocycles. The molecule has 0 radical (unpaired) electrons. The first kappa shape index (κ1) is 41.5. The fourth-order valence-electron chi connectivity index (χ4n) is 10.9. The molecule has 0 aliphatic heterocycles. The smallest absolute Gasteiger partial charge is 0.0794 e. The van der Waals surface area contributed by atoms with Crippen molar-refractivity contribution in [2.24, 2.45) is 0 Å². The molecule has 10 aromatic carbocycles. The molecule has 11 aromatic rings. The van der Waals surface area contributed by atoms with Crippen LogP contribution in [0.3, 0.4) is 0 Å². The maximum atomic E-state index is 5.51. The predicted molar refractivity (Wildman–Crippen MR) is 300 cm³/mol. The van der Waals surface area contributed by atoms with Gasteiger partial charge in [-0.1, -0.05) is 188 Å². The highest BCUT2D eigenvalue weighted by molar-refractivity contribution is 6.21. The van der Waals surface area contributed by atoms with E-state index in [9.17, 15) is 0 Å². The zero-order chi connectivity index (χ0) is 46.4. The number of nitrogens with zero attached hydrogens (tertiary/aromatic N) is 1. The SMILES string of the molecule is C1=CC(c2cc(-c3ccccc3)cc(-c3cc(-c4cc(C5=CCCC=C5)cc(-c5ccccc5)c4)cc(-c4cccc(-c5c6ccc7ccccc7c6nc6c5ccc5ccccc56)c4)c3)c2)=CCC1. The molecule has 0 amide bonds. The summed E-state index contributed by atoms with van der Waals surface area (Å²) in [6.45, 7) is 0. The lowest BCUT2D eigenvalue weighted by atomic mass is 9.87. The van der Waals surface area contributed by atoms with Crippen LogP contribution in [0.15, 0.2) is 249 Å². The van der Waals surface area contributed by atoms with Gasteiger partial charge in [0, 0.05) is 27.1 Å². The van der Waals surface area contributed by atoms with Gasteiger partial charge >= 0.3 is 0 Å². The third kappa shape index (κ3) is 7.76. The standard InChI is InChI=1S/C69H49N/c1-5-18-46(19-6-1)54-37-55(47-20-7-2-8-21-47)40-59(39-54)61-43-58(44-62(45-61)60-41-56(48-22-9-3-10-23-48)38-57(42-60)49-24-11-4-12-25-49)52-28-17-29-53(36-52)67-65-34-32-50-26-13-15-30-63(50)68(65)70-69-64-31-16-14-27-51(64)33-35-66(67)69/h1,3,5-7,9-11,13-45H,2,4,8,12H2. The van der Waals surface area contributed by atoms with Crippen molar-refractivity contribution in [3.8, 4) is 66.8 Å². The van der Waals surface area contributed by atoms with Gasteiger partial charge in [0.1, 0.15) is 0 Å². The van der Waals surface area contributed by atoms with Crippen LogP contribution >= 0.6 is 0 Å². The average molecular weight is 892 g/mol. The third-order valence-electron chi connectivity index (χ3n) is 14.4. The largest absolute Gasteiger partial charge is 0.246 e. The maximum absolute atomic E-state index is 5.51. The molecule has 2 aliphatic carbocycles. The van der Waals surface area contributed by atoms with Gasteiger partial charge in [-0.25, -0.2) is 4.98 Å². The highest BCUT2D eigenvalue weighted by Gasteiger charge is 2.19. The van der Waals surface area contributed by atoms with Crippen LogP contribution < -0.4 is 0 Å². The molecule has 0 N–H and O–H groups in total. The quantitative estimate of drug-likeness (QED) is 0.109. The van der Waals surface area contributed by atoms with Gasteiger partial charge in [-0.2, -0.15) is 0 Å². The third-order valence-corrected chi connectivity index (χ3v) is 14.4. The first-order chi connectivity index (χ1) is 34.7. The molecule has 0 saturated heterocycles. The van der Waals surface area contributed by atoms with Crippen LogP contribution in [0.5, 0.6) is 0 Å². The van der Waals surface area contributed by atoms with E-state index in [1.165, 1.54) is 94.2 Å². The average Bonchev–Trinajstić information content (AvgIpc) is 3.45. The minimum absolute atomic E-state index is 1.03. The Morgan fingerprint density at radius 1 is 0.257 bits per heavy atom. The van der Waals surface area contributed by atoms with Gasteiger partial charge in [0.05, 0.1) is 11.0 Å². The van der Waals surface area contributed by atoms with E-state index < -0.39 is 0 Å². The van der Waals surface area contributed by atoms with Crippen LogP contribution in [0.4, 0.5) is 0 Å². The lowest BCUT2D eigenvalue weighted by Crippen LogP contribution is -1.94. The normalized spacial score (nSPS) is 13.5. The molecule has 330 valence electrons. The number of pyridine rings is 1. The molecule has 1 heteroatoms. The van der Waals surface area contributed by atoms with Crippen LogP contribution in [0.1, 0.15) is 36.8 Å². The van der Waals surface area contributed by atoms with E-state index in [0.29, 0.717) is 0 Å². The second-order valence-corrected chi connectivity index (χ2v) is 18.8. The molecule has 13 rings (SSSR count). The van der Waals surface area contributed by atoms with E-state index in [2.05, 4.69) is 249 Å². The van der Waals surface area contributed by atoms with E-state index in [1.54, 1.807) is 0 Å². The second-order valence-electron chi connectivity index (χ2n) is 18.8. The molecule has 0 bridgehead atoms. The van der Waals surface area contributed by atoms with E-state index in [-0.39, 0.29) is 0 Å². The highest BCUT2D eigenvalue weighted by atomic mass is 14.7. The number of hydrogen-bond donors (Lipinski definition) is 0. The summed E-state index contributed by atoms with van der Waals surface area (Å²) in [6, 6.07) is 78.8. The van der Waals surface area contributed by atoms with Crippen LogP contribution in [0.25, 0.3) is 121 Å². The van der Waals surface area contributed by atoms with Crippen LogP contribution in [-0.2, 0) is 0 Å². The molecular formula is C69H49N. The molecule has 0 fully saturated rings. The summed E-state index contributed by atoms with van der Waals surface area (Å²) in [5.41, 5.74) is 21.4. The lowest BCUT2D eigenvalue weighted by Gasteiger charge is -2.18. The van der Waals surface area contributed by atoms with Crippen LogP contribution in [-0.4, -0.2) is 4.98 Å². The Hall–Kier alpha value is -8.65. The summed E-state index contributed by atoms with van der Waals surface area (Å²) in [5, 5.41) is 7.02. The van der Waals surface area contributed by atoms with E-state index in [1.807, 2.05) is 0 Å². The Labute approximate surface area is 409 Å². The summed E-state index contributed by atoms with van der Waals surface area (Å²) < 4.78 is 0. The van der Waals surface area contributed by atoms with Crippen molar-refractivity contribution >= 4 is 54.5 Å². The van der Waals surface area contributed by atoms with Crippen molar-refractivity contribution in [3.63, 3.8) is 0 Å². The molecule has 0 atom stereocenters. The first-order valence-electron chi connectivity index (χ1n) is 24.7. The zero-order valence-electron chi connectivity index (χ0n) is 38.9. The van der Waals surface area contributed by atoms with E-state index >= 15 is 0 Å². The minimum atomic E-state index is 1.03. The van der Waals surface area contributed by atoms with Gasteiger partial charge in [-0.05, 0) is 181 Å². The number of fused-ring (bicyclic) bond motifs is 6. The van der Waals surface area contributed by atoms with Crippen molar-refractivity contribution in [3.05, 3.63) is 260 Å². The molecule has 0 spiro atoms. The Kier molecular flexibility index (Phi) is 10.5. The number of rotatable bonds is 8. The van der Waals surface area contributed by atoms with Crippen molar-refractivity contribution in [2.75, 3.05) is 0 Å². The van der Waals surface area contributed by atoms with E-state index in [4.69, 9.17) is 4.98 Å². The Morgan fingerprint density at radius 3 is 1.09 bits per heavy atom. The molecule has 1 heterocycles. The fourth-order valence-corrected chi connectivity index (χ4v) is 10.9. The zero-order valence-corrected chi connectivity index (χ0v) is 38.9. The Balaban J connectivity index is 1.06. The summed E-state index contributed by atoms with van der Waals surface area (Å²) in [4.78, 5) is 5.51.